The Balaban J connectivity index is 1.90. The minimum atomic E-state index is -2.38. The predicted molar refractivity (Wildman–Crippen MR) is 103 cm³/mol. The lowest BCUT2D eigenvalue weighted by Gasteiger charge is -2.25. The van der Waals surface area contributed by atoms with Gasteiger partial charge >= 0.3 is 0 Å². The Morgan fingerprint density at radius 2 is 1.93 bits per heavy atom. The lowest BCUT2D eigenvalue weighted by molar-refractivity contribution is 0.130. The summed E-state index contributed by atoms with van der Waals surface area (Å²) in [6, 6.07) is 3.34. The van der Waals surface area contributed by atoms with Crippen LogP contribution in [-0.4, -0.2) is 49.1 Å². The molecule has 2 unspecified atom stereocenters. The van der Waals surface area contributed by atoms with Gasteiger partial charge < -0.3 is 14.6 Å². The van der Waals surface area contributed by atoms with Crippen molar-refractivity contribution >= 4 is 17.0 Å². The van der Waals surface area contributed by atoms with E-state index >= 15 is 0 Å². The Morgan fingerprint density at radius 1 is 1.18 bits per heavy atom. The Hall–Kier alpha value is -2.68. The van der Waals surface area contributed by atoms with E-state index in [4.69, 9.17) is 0 Å². The molecular weight excluding hydrogens is 366 g/mol. The van der Waals surface area contributed by atoms with Gasteiger partial charge in [0.2, 0.25) is 6.43 Å². The molecule has 3 rings (SSSR count). The summed E-state index contributed by atoms with van der Waals surface area (Å²) < 4.78 is 27.3. The molecule has 0 saturated heterocycles. The Morgan fingerprint density at radius 3 is 2.57 bits per heavy atom. The number of halogens is 2. The second-order valence-electron chi connectivity index (χ2n) is 6.98. The fourth-order valence-corrected chi connectivity index (χ4v) is 3.19. The van der Waals surface area contributed by atoms with Crippen molar-refractivity contribution in [3.8, 4) is 0 Å². The van der Waals surface area contributed by atoms with Crippen LogP contribution in [-0.2, 0) is 6.54 Å². The summed E-state index contributed by atoms with van der Waals surface area (Å²) in [7, 11) is 1.73. The fraction of sp³-hybridized carbons (Fsp3) is 0.474. The normalized spacial score (nSPS) is 13.9. The zero-order valence-corrected chi connectivity index (χ0v) is 16.3. The highest BCUT2D eigenvalue weighted by atomic mass is 19.3. The zero-order valence-electron chi connectivity index (χ0n) is 16.3. The molecule has 28 heavy (non-hydrogen) atoms. The number of aliphatic hydroxyl groups excluding tert-OH is 1. The number of rotatable bonds is 7. The fourth-order valence-electron chi connectivity index (χ4n) is 3.19. The van der Waals surface area contributed by atoms with Crippen molar-refractivity contribution in [2.75, 3.05) is 11.9 Å². The van der Waals surface area contributed by atoms with Crippen LogP contribution < -0.4 is 4.90 Å². The summed E-state index contributed by atoms with van der Waals surface area (Å²) in [5.41, 5.74) is 3.54. The van der Waals surface area contributed by atoms with Crippen LogP contribution in [0.4, 0.5) is 14.6 Å². The van der Waals surface area contributed by atoms with Crippen LogP contribution >= 0.6 is 0 Å². The van der Waals surface area contributed by atoms with E-state index in [-0.39, 0.29) is 12.5 Å². The number of imidazole rings is 1. The maximum Gasteiger partial charge on any atom is 0.240 e. The number of nitrogens with zero attached hydrogens (tertiary/aromatic N) is 6. The summed E-state index contributed by atoms with van der Waals surface area (Å²) in [4.78, 5) is 19.2. The third kappa shape index (κ3) is 4.09. The molecule has 0 aromatic carbocycles. The number of pyridine rings is 1. The Kier molecular flexibility index (Phi) is 5.83. The second-order valence-corrected chi connectivity index (χ2v) is 6.98. The highest BCUT2D eigenvalue weighted by Gasteiger charge is 2.20. The van der Waals surface area contributed by atoms with Gasteiger partial charge in [0.25, 0.3) is 0 Å². The number of alkyl halides is 2. The van der Waals surface area contributed by atoms with Gasteiger partial charge in [0.15, 0.2) is 17.0 Å². The number of fused-ring (bicyclic) bond motifs is 1. The van der Waals surface area contributed by atoms with Gasteiger partial charge in [-0.05, 0) is 26.8 Å². The van der Waals surface area contributed by atoms with Gasteiger partial charge in [0, 0.05) is 30.8 Å². The first-order valence-corrected chi connectivity index (χ1v) is 9.09. The zero-order chi connectivity index (χ0) is 20.4. The van der Waals surface area contributed by atoms with E-state index < -0.39 is 12.5 Å². The van der Waals surface area contributed by atoms with E-state index in [2.05, 4.69) is 19.9 Å². The molecule has 0 amide bonds. The molecule has 2 atom stereocenters. The monoisotopic (exact) mass is 390 g/mol. The highest BCUT2D eigenvalue weighted by Crippen LogP contribution is 2.24. The topological polar surface area (TPSA) is 80.0 Å². The molecule has 0 fully saturated rings. The number of aliphatic hydroxyl groups is 1. The molecule has 7 nitrogen and oxygen atoms in total. The second kappa shape index (κ2) is 8.14. The van der Waals surface area contributed by atoms with E-state index in [0.717, 1.165) is 17.0 Å². The first-order valence-electron chi connectivity index (χ1n) is 9.09. The smallest absolute Gasteiger partial charge is 0.240 e. The van der Waals surface area contributed by atoms with Gasteiger partial charge in [0.1, 0.15) is 6.33 Å². The number of hydrogen-bond acceptors (Lipinski definition) is 6. The molecule has 0 aliphatic carbocycles. The van der Waals surface area contributed by atoms with E-state index in [9.17, 15) is 13.9 Å². The van der Waals surface area contributed by atoms with Crippen molar-refractivity contribution in [3.63, 3.8) is 0 Å². The third-order valence-electron chi connectivity index (χ3n) is 4.86. The molecule has 0 spiro atoms. The Bertz CT molecular complexity index is 959. The quantitative estimate of drug-likeness (QED) is 0.668. The van der Waals surface area contributed by atoms with E-state index in [0.29, 0.717) is 23.5 Å². The largest absolute Gasteiger partial charge is 0.389 e. The summed E-state index contributed by atoms with van der Waals surface area (Å²) in [5, 5.41) is 9.75. The van der Waals surface area contributed by atoms with Crippen LogP contribution in [0.5, 0.6) is 0 Å². The van der Waals surface area contributed by atoms with Crippen LogP contribution in [0.25, 0.3) is 11.2 Å². The molecule has 0 bridgehead atoms. The Labute approximate surface area is 162 Å². The van der Waals surface area contributed by atoms with Gasteiger partial charge in [0.05, 0.1) is 24.7 Å². The number of aryl methyl sites for hydroxylation is 1. The van der Waals surface area contributed by atoms with Gasteiger partial charge in [-0.25, -0.2) is 23.7 Å². The summed E-state index contributed by atoms with van der Waals surface area (Å²) >= 11 is 0. The lowest BCUT2D eigenvalue weighted by atomic mass is 10.1. The van der Waals surface area contributed by atoms with Crippen molar-refractivity contribution in [2.24, 2.45) is 0 Å². The number of hydrogen-bond donors (Lipinski definition) is 1. The molecule has 0 aliphatic rings. The van der Waals surface area contributed by atoms with Gasteiger partial charge in [-0.3, -0.25) is 4.98 Å². The van der Waals surface area contributed by atoms with Gasteiger partial charge in [-0.1, -0.05) is 6.07 Å². The molecule has 0 saturated carbocycles. The highest BCUT2D eigenvalue weighted by molar-refractivity contribution is 5.83. The SMILES string of the molecule is Cc1nc(Cn2cnc3c(N(C)C(C)CC(F)F)ncnc32)ccc1C(C)O. The minimum Gasteiger partial charge on any atom is -0.389 e. The van der Waals surface area contributed by atoms with E-state index in [1.165, 1.54) is 6.33 Å². The first-order chi connectivity index (χ1) is 13.3. The van der Waals surface area contributed by atoms with Crippen molar-refractivity contribution < 1.29 is 13.9 Å². The van der Waals surface area contributed by atoms with Crippen LogP contribution in [0, 0.1) is 6.92 Å². The van der Waals surface area contributed by atoms with Gasteiger partial charge in [-0.15, -0.1) is 0 Å². The minimum absolute atomic E-state index is 0.248. The molecule has 1 N–H and O–H groups in total. The summed E-state index contributed by atoms with van der Waals surface area (Å²) in [6.07, 6.45) is -0.144. The maximum atomic E-state index is 12.7. The molecule has 3 aromatic heterocycles. The number of anilines is 1. The average Bonchev–Trinajstić information content (AvgIpc) is 3.03. The van der Waals surface area contributed by atoms with Crippen molar-refractivity contribution in [2.45, 2.75) is 52.3 Å². The average molecular weight is 390 g/mol. The van der Waals surface area contributed by atoms with Crippen LogP contribution in [0.2, 0.25) is 0 Å². The summed E-state index contributed by atoms with van der Waals surface area (Å²) in [6.45, 7) is 5.74. The van der Waals surface area contributed by atoms with Crippen LogP contribution in [0.3, 0.4) is 0 Å². The number of aromatic nitrogens is 5. The molecule has 0 aliphatic heterocycles. The molecule has 3 aromatic rings. The van der Waals surface area contributed by atoms with E-state index in [1.54, 1.807) is 32.1 Å². The standard InChI is InChI=1S/C19H24F2N6O/c1-11(7-16(20)21)26(4)18-17-19(23-9-22-18)27(10-24-17)8-14-5-6-15(13(3)28)12(2)25-14/h5-6,9-11,13,16,28H,7-8H2,1-4H3. The maximum absolute atomic E-state index is 12.7. The predicted octanol–water partition coefficient (Wildman–Crippen LogP) is 3.11. The molecule has 150 valence electrons. The lowest BCUT2D eigenvalue weighted by Crippen LogP contribution is -2.31. The molecule has 3 heterocycles. The molecule has 0 radical (unpaired) electrons. The first kappa shape index (κ1) is 20.1. The van der Waals surface area contributed by atoms with Crippen molar-refractivity contribution in [1.29, 1.82) is 0 Å². The summed E-state index contributed by atoms with van der Waals surface area (Å²) in [5.74, 6) is 0.519. The molecular formula is C19H24F2N6O. The molecule has 9 heteroatoms. The third-order valence-corrected chi connectivity index (χ3v) is 4.86. The van der Waals surface area contributed by atoms with Crippen molar-refractivity contribution in [1.82, 2.24) is 24.5 Å². The van der Waals surface area contributed by atoms with E-state index in [1.807, 2.05) is 23.6 Å². The van der Waals surface area contributed by atoms with Crippen LogP contribution in [0.1, 0.15) is 43.3 Å². The van der Waals surface area contributed by atoms with Crippen LogP contribution in [0.15, 0.2) is 24.8 Å². The van der Waals surface area contributed by atoms with Gasteiger partial charge in [-0.2, -0.15) is 0 Å². The van der Waals surface area contributed by atoms with Crippen molar-refractivity contribution in [3.05, 3.63) is 41.7 Å².